The van der Waals surface area contributed by atoms with E-state index in [4.69, 9.17) is 15.3 Å². The number of nitrogens with zero attached hydrogens (tertiary/aromatic N) is 3. The minimum Gasteiger partial charge on any atom is -0.492 e. The van der Waals surface area contributed by atoms with Gasteiger partial charge in [-0.05, 0) is 0 Å². The van der Waals surface area contributed by atoms with Crippen molar-refractivity contribution in [1.29, 1.82) is 0 Å². The van der Waals surface area contributed by atoms with Crippen molar-refractivity contribution in [2.24, 2.45) is 0 Å². The maximum Gasteiger partial charge on any atom is 0.329 e. The molecule has 52 valence electrons. The van der Waals surface area contributed by atoms with Crippen LogP contribution in [-0.2, 0) is 0 Å². The van der Waals surface area contributed by atoms with Gasteiger partial charge in [-0.25, -0.2) is 0 Å². The molecule has 0 radical (unpaired) electrons. The van der Waals surface area contributed by atoms with Crippen LogP contribution >= 0.6 is 0 Å². The van der Waals surface area contributed by atoms with Gasteiger partial charge in [0, 0.05) is 0 Å². The highest BCUT2D eigenvalue weighted by atomic mass is 16.4. The van der Waals surface area contributed by atoms with Crippen LogP contribution in [0.15, 0.2) is 10.6 Å². The van der Waals surface area contributed by atoms with Crippen LogP contribution in [0.5, 0.6) is 5.88 Å². The molecule has 0 saturated carbocycles. The maximum absolute atomic E-state index is 8.76. The van der Waals surface area contributed by atoms with E-state index in [0.717, 1.165) is 0 Å². The molecule has 2 rings (SSSR count). The van der Waals surface area contributed by atoms with Crippen LogP contribution in [0.1, 0.15) is 0 Å². The zero-order valence-electron chi connectivity index (χ0n) is 4.85. The van der Waals surface area contributed by atoms with E-state index in [1.165, 1.54) is 10.7 Å². The smallest absolute Gasteiger partial charge is 0.329 e. The highest BCUT2D eigenvalue weighted by molar-refractivity contribution is 5.30. The predicted molar refractivity (Wildman–Crippen MR) is 31.3 cm³/mol. The van der Waals surface area contributed by atoms with Crippen molar-refractivity contribution in [2.75, 3.05) is 5.73 Å². The predicted octanol–water partition coefficient (Wildman–Crippen LogP) is -0.390. The molecule has 0 aliphatic rings. The summed E-state index contributed by atoms with van der Waals surface area (Å²) in [5.74, 6) is 0.0567. The van der Waals surface area contributed by atoms with Crippen LogP contribution in [-0.4, -0.2) is 19.7 Å². The Labute approximate surface area is 54.9 Å². The zero-order valence-corrected chi connectivity index (χ0v) is 4.85. The summed E-state index contributed by atoms with van der Waals surface area (Å²) in [7, 11) is 0. The largest absolute Gasteiger partial charge is 0.492 e. The SMILES string of the molecule is Nc1nn2cc(O)nc2o1. The lowest BCUT2D eigenvalue weighted by atomic mass is 10.9. The van der Waals surface area contributed by atoms with Gasteiger partial charge in [-0.15, -0.1) is 5.10 Å². The second-order valence-electron chi connectivity index (χ2n) is 1.77. The first-order chi connectivity index (χ1) is 4.75. The lowest BCUT2D eigenvalue weighted by Gasteiger charge is -1.74. The summed E-state index contributed by atoms with van der Waals surface area (Å²) < 4.78 is 6.00. The van der Waals surface area contributed by atoms with Gasteiger partial charge in [0.05, 0.1) is 6.20 Å². The number of nitrogens with two attached hydrogens (primary N) is 1. The van der Waals surface area contributed by atoms with E-state index in [9.17, 15) is 0 Å². The number of hydrogen-bond acceptors (Lipinski definition) is 5. The Morgan fingerprint density at radius 3 is 3.20 bits per heavy atom. The molecule has 6 heteroatoms. The average molecular weight is 140 g/mol. The summed E-state index contributed by atoms with van der Waals surface area (Å²) in [5.41, 5.74) is 5.16. The third-order valence-electron chi connectivity index (χ3n) is 1.05. The molecule has 2 aromatic rings. The first-order valence-electron chi connectivity index (χ1n) is 2.56. The summed E-state index contributed by atoms with van der Waals surface area (Å²) in [5, 5.41) is 12.4. The van der Waals surface area contributed by atoms with Gasteiger partial charge in [-0.3, -0.25) is 0 Å². The van der Waals surface area contributed by atoms with Crippen molar-refractivity contribution >= 4 is 11.9 Å². The number of aromatic hydroxyl groups is 1. The van der Waals surface area contributed by atoms with Crippen molar-refractivity contribution in [3.63, 3.8) is 0 Å². The van der Waals surface area contributed by atoms with Crippen molar-refractivity contribution in [2.45, 2.75) is 0 Å². The summed E-state index contributed by atoms with van der Waals surface area (Å²) >= 11 is 0. The molecule has 0 aromatic carbocycles. The number of fused-ring (bicyclic) bond motifs is 1. The van der Waals surface area contributed by atoms with E-state index in [1.54, 1.807) is 0 Å². The lowest BCUT2D eigenvalue weighted by Crippen LogP contribution is -1.85. The lowest BCUT2D eigenvalue weighted by molar-refractivity contribution is 0.453. The molecule has 2 heterocycles. The standard InChI is InChI=1S/C4H4N4O2/c5-3-7-8-1-2(9)6-4(8)10-3/h1,9H,(H2,5,7). The Bertz CT molecular complexity index is 299. The Morgan fingerprint density at radius 1 is 1.70 bits per heavy atom. The monoisotopic (exact) mass is 140 g/mol. The van der Waals surface area contributed by atoms with Gasteiger partial charge < -0.3 is 15.3 Å². The number of rotatable bonds is 0. The first kappa shape index (κ1) is 5.10. The van der Waals surface area contributed by atoms with Gasteiger partial charge in [0.25, 0.3) is 0 Å². The van der Waals surface area contributed by atoms with Crippen molar-refractivity contribution < 1.29 is 9.52 Å². The fourth-order valence-corrected chi connectivity index (χ4v) is 0.704. The number of nitrogen functional groups attached to an aromatic ring is 1. The summed E-state index contributed by atoms with van der Waals surface area (Å²) in [6, 6.07) is 0.0301. The molecule has 2 aromatic heterocycles. The van der Waals surface area contributed by atoms with E-state index in [0.29, 0.717) is 0 Å². The highest BCUT2D eigenvalue weighted by Gasteiger charge is 2.04. The molecule has 0 spiro atoms. The Morgan fingerprint density at radius 2 is 2.50 bits per heavy atom. The molecule has 0 atom stereocenters. The minimum absolute atomic E-state index is 0.0301. The molecule has 0 saturated heterocycles. The van der Waals surface area contributed by atoms with Crippen molar-refractivity contribution in [1.82, 2.24) is 14.6 Å². The fraction of sp³-hybridized carbons (Fsp3) is 0. The molecule has 10 heavy (non-hydrogen) atoms. The van der Waals surface area contributed by atoms with E-state index in [2.05, 4.69) is 10.1 Å². The minimum atomic E-state index is -0.133. The van der Waals surface area contributed by atoms with E-state index in [1.807, 2.05) is 0 Å². The molecule has 3 N–H and O–H groups in total. The number of hydrogen-bond donors (Lipinski definition) is 2. The van der Waals surface area contributed by atoms with Crippen LogP contribution in [0.4, 0.5) is 6.01 Å². The van der Waals surface area contributed by atoms with E-state index >= 15 is 0 Å². The molecule has 0 unspecified atom stereocenters. The second-order valence-corrected chi connectivity index (χ2v) is 1.77. The van der Waals surface area contributed by atoms with Crippen LogP contribution in [0.25, 0.3) is 5.84 Å². The number of imidazole rings is 1. The Balaban J connectivity index is 2.83. The van der Waals surface area contributed by atoms with E-state index in [-0.39, 0.29) is 17.7 Å². The average Bonchev–Trinajstić information content (AvgIpc) is 2.21. The maximum atomic E-state index is 8.76. The third kappa shape index (κ3) is 0.524. The molecular formula is C4H4N4O2. The van der Waals surface area contributed by atoms with Gasteiger partial charge in [0.1, 0.15) is 0 Å². The van der Waals surface area contributed by atoms with Gasteiger partial charge in [-0.1, -0.05) is 0 Å². The van der Waals surface area contributed by atoms with Crippen LogP contribution in [0.2, 0.25) is 0 Å². The fourth-order valence-electron chi connectivity index (χ4n) is 0.704. The second kappa shape index (κ2) is 1.41. The normalized spacial score (nSPS) is 10.8. The van der Waals surface area contributed by atoms with Crippen molar-refractivity contribution in [3.05, 3.63) is 6.20 Å². The third-order valence-corrected chi connectivity index (χ3v) is 1.05. The first-order valence-corrected chi connectivity index (χ1v) is 2.56. The molecule has 0 bridgehead atoms. The molecular weight excluding hydrogens is 136 g/mol. The molecule has 0 fully saturated rings. The highest BCUT2D eigenvalue weighted by Crippen LogP contribution is 2.11. The summed E-state index contributed by atoms with van der Waals surface area (Å²) in [6.45, 7) is 0. The van der Waals surface area contributed by atoms with Gasteiger partial charge in [0.15, 0.2) is 0 Å². The summed E-state index contributed by atoms with van der Waals surface area (Å²) in [6.07, 6.45) is 1.30. The quantitative estimate of drug-likeness (QED) is 0.520. The molecule has 6 nitrogen and oxygen atoms in total. The summed E-state index contributed by atoms with van der Waals surface area (Å²) in [4.78, 5) is 3.54. The van der Waals surface area contributed by atoms with Gasteiger partial charge in [-0.2, -0.15) is 9.50 Å². The van der Waals surface area contributed by atoms with Crippen LogP contribution < -0.4 is 5.73 Å². The molecule has 0 amide bonds. The topological polar surface area (TPSA) is 89.6 Å². The zero-order chi connectivity index (χ0) is 7.14. The molecule has 0 aliphatic heterocycles. The van der Waals surface area contributed by atoms with Crippen LogP contribution in [0, 0.1) is 0 Å². The van der Waals surface area contributed by atoms with Gasteiger partial charge in [0.2, 0.25) is 5.88 Å². The Hall–Kier alpha value is -1.72. The van der Waals surface area contributed by atoms with Gasteiger partial charge >= 0.3 is 11.9 Å². The van der Waals surface area contributed by atoms with Crippen molar-refractivity contribution in [3.8, 4) is 5.88 Å². The van der Waals surface area contributed by atoms with Crippen LogP contribution in [0.3, 0.4) is 0 Å². The molecule has 0 aliphatic carbocycles. The number of aromatic nitrogens is 3. The Kier molecular flexibility index (Phi) is 0.717. The van der Waals surface area contributed by atoms with E-state index < -0.39 is 0 Å². The number of anilines is 1.